The van der Waals surface area contributed by atoms with Crippen molar-refractivity contribution in [1.29, 1.82) is 0 Å². The maximum atomic E-state index is 12.0. The van der Waals surface area contributed by atoms with E-state index in [2.05, 4.69) is 21.2 Å². The molecule has 3 N–H and O–H groups in total. The lowest BCUT2D eigenvalue weighted by atomic mass is 9.77. The highest BCUT2D eigenvalue weighted by atomic mass is 79.9. The van der Waals surface area contributed by atoms with Crippen molar-refractivity contribution < 1.29 is 9.53 Å². The SMILES string of the molecule is CC(C)(C)OC(=O)Nc1cc(C2(N)CCCCC2)ccc1Br. The molecule has 0 radical (unpaired) electrons. The van der Waals surface area contributed by atoms with E-state index in [4.69, 9.17) is 10.5 Å². The highest BCUT2D eigenvalue weighted by Gasteiger charge is 2.30. The molecule has 1 fully saturated rings. The normalized spacial score (nSPS) is 17.9. The Morgan fingerprint density at radius 2 is 1.91 bits per heavy atom. The van der Waals surface area contributed by atoms with Crippen LogP contribution in [0, 0.1) is 0 Å². The summed E-state index contributed by atoms with van der Waals surface area (Å²) in [5, 5.41) is 2.80. The predicted octanol–water partition coefficient (Wildman–Crippen LogP) is 4.91. The van der Waals surface area contributed by atoms with Gasteiger partial charge in [0.25, 0.3) is 0 Å². The predicted molar refractivity (Wildman–Crippen MR) is 92.9 cm³/mol. The first-order valence-electron chi connectivity index (χ1n) is 7.79. The van der Waals surface area contributed by atoms with E-state index in [0.717, 1.165) is 35.7 Å². The van der Waals surface area contributed by atoms with Gasteiger partial charge in [0, 0.05) is 10.0 Å². The van der Waals surface area contributed by atoms with Crippen molar-refractivity contribution in [1.82, 2.24) is 0 Å². The fourth-order valence-electron chi connectivity index (χ4n) is 2.82. The van der Waals surface area contributed by atoms with Crippen molar-refractivity contribution in [3.8, 4) is 0 Å². The number of carbonyl (C=O) groups excluding carboxylic acids is 1. The second kappa shape index (κ2) is 6.59. The molecule has 122 valence electrons. The van der Waals surface area contributed by atoms with Crippen LogP contribution in [-0.4, -0.2) is 11.7 Å². The van der Waals surface area contributed by atoms with Gasteiger partial charge in [-0.1, -0.05) is 25.3 Å². The minimum Gasteiger partial charge on any atom is -0.444 e. The number of benzene rings is 1. The average Bonchev–Trinajstić information content (AvgIpc) is 2.40. The van der Waals surface area contributed by atoms with Crippen LogP contribution in [0.1, 0.15) is 58.4 Å². The summed E-state index contributed by atoms with van der Waals surface area (Å²) in [6.45, 7) is 5.53. The number of rotatable bonds is 2. The molecule has 0 unspecified atom stereocenters. The third kappa shape index (κ3) is 4.46. The smallest absolute Gasteiger partial charge is 0.412 e. The minimum absolute atomic E-state index is 0.288. The van der Waals surface area contributed by atoms with Gasteiger partial charge in [0.1, 0.15) is 5.60 Å². The maximum Gasteiger partial charge on any atom is 0.412 e. The number of nitrogens with one attached hydrogen (secondary N) is 1. The summed E-state index contributed by atoms with van der Waals surface area (Å²) < 4.78 is 6.13. The standard InChI is InChI=1S/C17H25BrN2O2/c1-16(2,3)22-15(21)20-14-11-12(7-8-13(14)18)17(19)9-5-4-6-10-17/h7-8,11H,4-6,9-10,19H2,1-3H3,(H,20,21). The van der Waals surface area contributed by atoms with E-state index in [1.54, 1.807) is 0 Å². The van der Waals surface area contributed by atoms with Crippen LogP contribution in [0.2, 0.25) is 0 Å². The molecule has 0 aromatic heterocycles. The zero-order valence-corrected chi connectivity index (χ0v) is 15.1. The highest BCUT2D eigenvalue weighted by molar-refractivity contribution is 9.10. The molecule has 1 aromatic rings. The number of nitrogens with two attached hydrogens (primary N) is 1. The Labute approximate surface area is 140 Å². The number of hydrogen-bond acceptors (Lipinski definition) is 3. The van der Waals surface area contributed by atoms with E-state index in [1.807, 2.05) is 39.0 Å². The van der Waals surface area contributed by atoms with Crippen molar-refractivity contribution in [3.63, 3.8) is 0 Å². The van der Waals surface area contributed by atoms with E-state index in [0.29, 0.717) is 5.69 Å². The number of hydrogen-bond donors (Lipinski definition) is 2. The molecule has 1 saturated carbocycles. The molecule has 1 aliphatic carbocycles. The molecule has 1 aliphatic rings. The molecule has 0 atom stereocenters. The summed E-state index contributed by atoms with van der Waals surface area (Å²) in [6, 6.07) is 5.93. The fraction of sp³-hybridized carbons (Fsp3) is 0.588. The van der Waals surface area contributed by atoms with Crippen molar-refractivity contribution in [2.24, 2.45) is 5.73 Å². The molecule has 0 bridgehead atoms. The molecule has 0 aliphatic heterocycles. The van der Waals surface area contributed by atoms with Crippen LogP contribution in [-0.2, 0) is 10.3 Å². The Kier molecular flexibility index (Phi) is 5.17. The number of ether oxygens (including phenoxy) is 1. The molecule has 0 spiro atoms. The lowest BCUT2D eigenvalue weighted by Crippen LogP contribution is -2.38. The van der Waals surface area contributed by atoms with Gasteiger partial charge in [-0.25, -0.2) is 4.79 Å². The van der Waals surface area contributed by atoms with Gasteiger partial charge in [0.05, 0.1) is 5.69 Å². The Hall–Kier alpha value is -1.07. The molecule has 1 aromatic carbocycles. The average molecular weight is 369 g/mol. The van der Waals surface area contributed by atoms with Gasteiger partial charge in [0.15, 0.2) is 0 Å². The molecule has 2 rings (SSSR count). The number of amides is 1. The fourth-order valence-corrected chi connectivity index (χ4v) is 3.16. The van der Waals surface area contributed by atoms with Crippen molar-refractivity contribution in [2.45, 2.75) is 64.0 Å². The Bertz CT molecular complexity index is 546. The van der Waals surface area contributed by atoms with E-state index in [9.17, 15) is 4.79 Å². The molecule has 5 heteroatoms. The van der Waals surface area contributed by atoms with E-state index >= 15 is 0 Å². The summed E-state index contributed by atoms with van der Waals surface area (Å²) in [4.78, 5) is 12.0. The zero-order chi connectivity index (χ0) is 16.4. The molecular formula is C17H25BrN2O2. The summed E-state index contributed by atoms with van der Waals surface area (Å²) in [7, 11) is 0. The number of carbonyl (C=O) groups is 1. The van der Waals surface area contributed by atoms with Crippen LogP contribution in [0.15, 0.2) is 22.7 Å². The molecule has 0 heterocycles. The molecule has 0 saturated heterocycles. The molecular weight excluding hydrogens is 344 g/mol. The van der Waals surface area contributed by atoms with Gasteiger partial charge in [-0.05, 0) is 67.2 Å². The first kappa shape index (κ1) is 17.3. The van der Waals surface area contributed by atoms with Crippen molar-refractivity contribution >= 4 is 27.7 Å². The number of halogens is 1. The lowest BCUT2D eigenvalue weighted by Gasteiger charge is -2.34. The summed E-state index contributed by atoms with van der Waals surface area (Å²) in [5.74, 6) is 0. The Morgan fingerprint density at radius 3 is 2.50 bits per heavy atom. The Balaban J connectivity index is 2.18. The minimum atomic E-state index is -0.521. The monoisotopic (exact) mass is 368 g/mol. The quantitative estimate of drug-likeness (QED) is 0.778. The van der Waals surface area contributed by atoms with Crippen LogP contribution >= 0.6 is 15.9 Å². The second-order valence-electron chi connectivity index (χ2n) is 7.04. The third-order valence-corrected chi connectivity index (χ3v) is 4.61. The summed E-state index contributed by atoms with van der Waals surface area (Å²) in [6.07, 6.45) is 5.07. The van der Waals surface area contributed by atoms with Crippen molar-refractivity contribution in [3.05, 3.63) is 28.2 Å². The first-order chi connectivity index (χ1) is 10.2. The van der Waals surface area contributed by atoms with Crippen LogP contribution in [0.5, 0.6) is 0 Å². The second-order valence-corrected chi connectivity index (χ2v) is 7.89. The van der Waals surface area contributed by atoms with Gasteiger partial charge in [-0.3, -0.25) is 5.32 Å². The van der Waals surface area contributed by atoms with E-state index < -0.39 is 11.7 Å². The molecule has 1 amide bonds. The van der Waals surface area contributed by atoms with Gasteiger partial charge in [-0.2, -0.15) is 0 Å². The first-order valence-corrected chi connectivity index (χ1v) is 8.58. The van der Waals surface area contributed by atoms with Gasteiger partial charge in [-0.15, -0.1) is 0 Å². The maximum absolute atomic E-state index is 12.0. The third-order valence-electron chi connectivity index (χ3n) is 3.92. The van der Waals surface area contributed by atoms with Crippen LogP contribution in [0.3, 0.4) is 0 Å². The molecule has 22 heavy (non-hydrogen) atoms. The van der Waals surface area contributed by atoms with Gasteiger partial charge < -0.3 is 10.5 Å². The summed E-state index contributed by atoms with van der Waals surface area (Å²) in [5.41, 5.74) is 7.53. The molecule has 4 nitrogen and oxygen atoms in total. The topological polar surface area (TPSA) is 64.3 Å². The Morgan fingerprint density at radius 1 is 1.27 bits per heavy atom. The number of anilines is 1. The van der Waals surface area contributed by atoms with E-state index in [-0.39, 0.29) is 5.54 Å². The zero-order valence-electron chi connectivity index (χ0n) is 13.5. The van der Waals surface area contributed by atoms with Crippen LogP contribution in [0.4, 0.5) is 10.5 Å². The van der Waals surface area contributed by atoms with Crippen LogP contribution < -0.4 is 11.1 Å². The van der Waals surface area contributed by atoms with E-state index in [1.165, 1.54) is 6.42 Å². The lowest BCUT2D eigenvalue weighted by molar-refractivity contribution is 0.0636. The van der Waals surface area contributed by atoms with Gasteiger partial charge in [0.2, 0.25) is 0 Å². The van der Waals surface area contributed by atoms with Crippen LogP contribution in [0.25, 0.3) is 0 Å². The summed E-state index contributed by atoms with van der Waals surface area (Å²) >= 11 is 3.47. The van der Waals surface area contributed by atoms with Gasteiger partial charge >= 0.3 is 6.09 Å². The van der Waals surface area contributed by atoms with Crippen molar-refractivity contribution in [2.75, 3.05) is 5.32 Å². The largest absolute Gasteiger partial charge is 0.444 e. The highest BCUT2D eigenvalue weighted by Crippen LogP contribution is 2.37.